The number of rotatable bonds is 1. The Kier molecular flexibility index (Phi) is 16.7. The Balaban J connectivity index is 0.000000359. The number of hydrogen-bond acceptors (Lipinski definition) is 7. The second kappa shape index (κ2) is 19.0. The van der Waals surface area contributed by atoms with Crippen molar-refractivity contribution in [2.24, 2.45) is 7.05 Å². The molecule has 0 saturated heterocycles. The van der Waals surface area contributed by atoms with E-state index >= 15 is 0 Å². The van der Waals surface area contributed by atoms with Crippen LogP contribution in [0.5, 0.6) is 0 Å². The Labute approximate surface area is 332 Å². The molecule has 318 valence electrons. The van der Waals surface area contributed by atoms with E-state index in [9.17, 15) is 26.3 Å². The summed E-state index contributed by atoms with van der Waals surface area (Å²) in [4.78, 5) is 3.84. The van der Waals surface area contributed by atoms with Crippen molar-refractivity contribution in [2.45, 2.75) is 150 Å². The van der Waals surface area contributed by atoms with E-state index in [1.165, 1.54) is 22.6 Å². The van der Waals surface area contributed by atoms with Crippen molar-refractivity contribution in [2.75, 3.05) is 0 Å². The minimum absolute atomic E-state index is 0.0326. The normalized spacial score (nSPS) is 12.4. The van der Waals surface area contributed by atoms with Gasteiger partial charge in [0.25, 0.3) is 0 Å². The maximum absolute atomic E-state index is 12.1. The second-order valence-electron chi connectivity index (χ2n) is 18.3. The molecule has 0 radical (unpaired) electrons. The molecule has 0 bridgehead atoms. The van der Waals surface area contributed by atoms with E-state index in [-0.39, 0.29) is 21.9 Å². The number of halogens is 6. The largest absolute Gasteiger partial charge is 0.419 e. The van der Waals surface area contributed by atoms with Crippen molar-refractivity contribution in [3.05, 3.63) is 84.5 Å². The zero-order valence-corrected chi connectivity index (χ0v) is 36.1. The van der Waals surface area contributed by atoms with Crippen LogP contribution in [0.3, 0.4) is 0 Å². The average molecular weight is 811 g/mol. The van der Waals surface area contributed by atoms with Gasteiger partial charge in [-0.1, -0.05) is 41.5 Å². The topological polar surface area (TPSA) is 126 Å². The van der Waals surface area contributed by atoms with Crippen LogP contribution in [0.1, 0.15) is 126 Å². The van der Waals surface area contributed by atoms with Gasteiger partial charge in [-0.05, 0) is 84.3 Å². The number of aromatic nitrogens is 11. The lowest BCUT2D eigenvalue weighted by atomic mass is 9.90. The summed E-state index contributed by atoms with van der Waals surface area (Å²) in [5.41, 5.74) is 1.69. The molecule has 12 nitrogen and oxygen atoms in total. The molecule has 5 aromatic heterocycles. The summed E-state index contributed by atoms with van der Waals surface area (Å²) >= 11 is 0. The highest BCUT2D eigenvalue weighted by Crippen LogP contribution is 2.30. The summed E-state index contributed by atoms with van der Waals surface area (Å²) in [7, 11) is 1.94. The van der Waals surface area contributed by atoms with Crippen molar-refractivity contribution < 1.29 is 26.3 Å². The molecule has 0 saturated carbocycles. The number of aryl methyl sites for hydroxylation is 1. The number of nitriles is 1. The Morgan fingerprint density at radius 3 is 1.26 bits per heavy atom. The lowest BCUT2D eigenvalue weighted by Crippen LogP contribution is -2.22. The molecule has 0 amide bonds. The molecule has 0 aromatic carbocycles. The first-order chi connectivity index (χ1) is 25.5. The fourth-order valence-corrected chi connectivity index (χ4v) is 3.97. The van der Waals surface area contributed by atoms with Crippen molar-refractivity contribution in [3.63, 3.8) is 0 Å². The van der Waals surface area contributed by atoms with E-state index in [1.807, 2.05) is 70.2 Å². The second-order valence-corrected chi connectivity index (χ2v) is 18.3. The quantitative estimate of drug-likeness (QED) is 0.154. The molecule has 0 atom stereocenters. The van der Waals surface area contributed by atoms with Crippen LogP contribution in [0.2, 0.25) is 0 Å². The minimum atomic E-state index is -4.30. The van der Waals surface area contributed by atoms with Crippen LogP contribution < -0.4 is 0 Å². The van der Waals surface area contributed by atoms with Crippen LogP contribution in [-0.4, -0.2) is 60.1 Å². The monoisotopic (exact) mass is 810 g/mol. The molecule has 18 heteroatoms. The van der Waals surface area contributed by atoms with Gasteiger partial charge in [-0.25, -0.2) is 9.67 Å². The van der Waals surface area contributed by atoms with E-state index in [2.05, 4.69) is 78.2 Å². The minimum Gasteiger partial charge on any atom is -0.276 e. The van der Waals surface area contributed by atoms with Crippen LogP contribution in [-0.2, 0) is 47.2 Å². The molecule has 0 aliphatic heterocycles. The molecule has 0 aliphatic rings. The molecule has 0 unspecified atom stereocenters. The highest BCUT2D eigenvalue weighted by atomic mass is 19.4. The number of alkyl halides is 6. The Hall–Kier alpha value is -4.95. The molecule has 5 heterocycles. The molecular weight excluding hydrogens is 751 g/mol. The summed E-state index contributed by atoms with van der Waals surface area (Å²) in [5, 5.41) is 28.0. The van der Waals surface area contributed by atoms with Crippen molar-refractivity contribution in [1.82, 2.24) is 53.9 Å². The van der Waals surface area contributed by atoms with Gasteiger partial charge in [0.2, 0.25) is 0 Å². The fraction of sp³-hybridized carbons (Fsp3) is 0.615. The first-order valence-corrected chi connectivity index (χ1v) is 18.1. The smallest absolute Gasteiger partial charge is 0.276 e. The molecule has 5 aromatic rings. The molecular formula is C39H60F6N12. The third-order valence-electron chi connectivity index (χ3n) is 7.51. The van der Waals surface area contributed by atoms with Gasteiger partial charge < -0.3 is 0 Å². The Bertz CT molecular complexity index is 1910. The zero-order chi connectivity index (χ0) is 44.4. The third-order valence-corrected chi connectivity index (χ3v) is 7.51. The first-order valence-electron chi connectivity index (χ1n) is 18.1. The SMILES string of the molecule is CC(C)(C)c1cnn(CC(F)(F)F)c1.CC(C)(C)n1cc(C#N)cn1.CC(C)(C)n1cc(C(F)(F)F)cn1.CC(C)(C)n1cncn1.Cn1cc(C(C)(C)C)cn1. The number of hydrogen-bond donors (Lipinski definition) is 0. The highest BCUT2D eigenvalue weighted by molar-refractivity contribution is 5.22. The van der Waals surface area contributed by atoms with E-state index in [4.69, 9.17) is 5.26 Å². The van der Waals surface area contributed by atoms with E-state index < -0.39 is 30.0 Å². The summed E-state index contributed by atoms with van der Waals surface area (Å²) in [6.45, 7) is 29.1. The summed E-state index contributed by atoms with van der Waals surface area (Å²) < 4.78 is 80.0. The third kappa shape index (κ3) is 18.7. The average Bonchev–Trinajstić information content (AvgIpc) is 3.86. The summed E-state index contributed by atoms with van der Waals surface area (Å²) in [5.74, 6) is 0. The van der Waals surface area contributed by atoms with Crippen LogP contribution in [0, 0.1) is 11.3 Å². The molecule has 5 rings (SSSR count). The van der Waals surface area contributed by atoms with Gasteiger partial charge >= 0.3 is 12.4 Å². The van der Waals surface area contributed by atoms with Crippen LogP contribution >= 0.6 is 0 Å². The predicted octanol–water partition coefficient (Wildman–Crippen LogP) is 9.66. The summed E-state index contributed by atoms with van der Waals surface area (Å²) in [6, 6.07) is 2.04. The van der Waals surface area contributed by atoms with Crippen LogP contribution in [0.4, 0.5) is 26.3 Å². The van der Waals surface area contributed by atoms with E-state index in [0.717, 1.165) is 22.6 Å². The number of nitrogens with zero attached hydrogens (tertiary/aromatic N) is 12. The summed E-state index contributed by atoms with van der Waals surface area (Å²) in [6.07, 6.45) is 6.83. The lowest BCUT2D eigenvalue weighted by Gasteiger charge is -2.18. The fourth-order valence-electron chi connectivity index (χ4n) is 3.97. The van der Waals surface area contributed by atoms with E-state index in [1.54, 1.807) is 50.5 Å². The van der Waals surface area contributed by atoms with Gasteiger partial charge in [0.1, 0.15) is 25.3 Å². The van der Waals surface area contributed by atoms with Crippen molar-refractivity contribution in [1.29, 1.82) is 5.26 Å². The van der Waals surface area contributed by atoms with Gasteiger partial charge in [0.05, 0.1) is 52.5 Å². The zero-order valence-electron chi connectivity index (χ0n) is 36.1. The maximum atomic E-state index is 12.1. The van der Waals surface area contributed by atoms with Crippen LogP contribution in [0.15, 0.2) is 62.2 Å². The first kappa shape index (κ1) is 50.1. The van der Waals surface area contributed by atoms with Gasteiger partial charge in [-0.3, -0.25) is 18.7 Å². The van der Waals surface area contributed by atoms with Gasteiger partial charge in [0.15, 0.2) is 0 Å². The molecule has 57 heavy (non-hydrogen) atoms. The van der Waals surface area contributed by atoms with Gasteiger partial charge in [-0.15, -0.1) is 0 Å². The Morgan fingerprint density at radius 2 is 1.00 bits per heavy atom. The lowest BCUT2D eigenvalue weighted by molar-refractivity contribution is -0.142. The maximum Gasteiger partial charge on any atom is 0.419 e. The van der Waals surface area contributed by atoms with Crippen molar-refractivity contribution >= 4 is 0 Å². The van der Waals surface area contributed by atoms with Gasteiger partial charge in [-0.2, -0.15) is 57.1 Å². The van der Waals surface area contributed by atoms with Crippen LogP contribution in [0.25, 0.3) is 0 Å². The highest BCUT2D eigenvalue weighted by Gasteiger charge is 2.33. The molecule has 0 spiro atoms. The Morgan fingerprint density at radius 1 is 0.544 bits per heavy atom. The van der Waals surface area contributed by atoms with Crippen molar-refractivity contribution in [3.8, 4) is 6.07 Å². The molecule has 0 fully saturated rings. The molecule has 0 aliphatic carbocycles. The molecule has 0 N–H and O–H groups in total. The van der Waals surface area contributed by atoms with Gasteiger partial charge in [0, 0.05) is 31.8 Å². The standard InChI is InChI=1S/C9H13F3N2.C8H11F3N2.C8H11N3.C8H14N2.C6H11N3/c1-8(2,3)7-4-13-14(5-7)6-9(10,11)12;1-7(2,3)13-5-6(4-12-13)8(9,10)11;1-8(2,3)11-6-7(4-9)5-10-11;1-8(2,3)7-5-9-10(4)6-7;1-6(2,3)9-5-7-4-8-9/h4-5H,6H2,1-3H3;4-5H,1-3H3;5-6H,1-3H3;5-6H,1-4H3;4-5H,1-3H3. The van der Waals surface area contributed by atoms with E-state index in [0.29, 0.717) is 5.56 Å². The predicted molar refractivity (Wildman–Crippen MR) is 208 cm³/mol.